The summed E-state index contributed by atoms with van der Waals surface area (Å²) in [6.07, 6.45) is 2.91. The number of epoxide rings is 1. The lowest BCUT2D eigenvalue weighted by Crippen LogP contribution is -2.32. The molecule has 0 unspecified atom stereocenters. The maximum atomic E-state index is 5.51. The number of likely N-dealkylation sites (tertiary alicyclic amines) is 1. The Morgan fingerprint density at radius 1 is 1.40 bits per heavy atom. The SMILES string of the molecule is C=C[C@@H]1[C@H]2O[C@H]2CN1Cc1ccccc1. The Bertz CT molecular complexity index is 362. The number of rotatable bonds is 3. The number of benzene rings is 1. The molecule has 0 bridgehead atoms. The predicted molar refractivity (Wildman–Crippen MR) is 59.5 cm³/mol. The zero-order chi connectivity index (χ0) is 10.3. The molecule has 0 N–H and O–H groups in total. The largest absolute Gasteiger partial charge is 0.366 e. The molecule has 0 aromatic heterocycles. The summed E-state index contributed by atoms with van der Waals surface area (Å²) in [6, 6.07) is 11.0. The van der Waals surface area contributed by atoms with Gasteiger partial charge in [-0.1, -0.05) is 36.4 Å². The minimum absolute atomic E-state index is 0.412. The molecule has 15 heavy (non-hydrogen) atoms. The van der Waals surface area contributed by atoms with E-state index >= 15 is 0 Å². The molecular formula is C13H15NO. The molecule has 0 saturated carbocycles. The first kappa shape index (κ1) is 9.13. The summed E-state index contributed by atoms with van der Waals surface area (Å²) < 4.78 is 5.51. The van der Waals surface area contributed by atoms with E-state index in [1.54, 1.807) is 0 Å². The normalized spacial score (nSPS) is 33.7. The van der Waals surface area contributed by atoms with Gasteiger partial charge < -0.3 is 4.74 Å². The number of hydrogen-bond acceptors (Lipinski definition) is 2. The molecule has 0 spiro atoms. The summed E-state index contributed by atoms with van der Waals surface area (Å²) in [5.41, 5.74) is 1.37. The van der Waals surface area contributed by atoms with Crippen molar-refractivity contribution in [3.05, 3.63) is 48.6 Å². The highest BCUT2D eigenvalue weighted by Crippen LogP contribution is 2.37. The Kier molecular flexibility index (Phi) is 2.11. The van der Waals surface area contributed by atoms with Gasteiger partial charge >= 0.3 is 0 Å². The molecule has 2 fully saturated rings. The first-order valence-corrected chi connectivity index (χ1v) is 5.44. The van der Waals surface area contributed by atoms with E-state index in [4.69, 9.17) is 4.74 Å². The monoisotopic (exact) mass is 201 g/mol. The van der Waals surface area contributed by atoms with Crippen LogP contribution in [0.5, 0.6) is 0 Å². The van der Waals surface area contributed by atoms with E-state index in [1.165, 1.54) is 5.56 Å². The minimum Gasteiger partial charge on any atom is -0.366 e. The van der Waals surface area contributed by atoms with Crippen molar-refractivity contribution in [1.29, 1.82) is 0 Å². The fraction of sp³-hybridized carbons (Fsp3) is 0.385. The molecule has 1 aromatic carbocycles. The van der Waals surface area contributed by atoms with Crippen molar-refractivity contribution in [1.82, 2.24) is 4.90 Å². The standard InChI is InChI=1S/C13H15NO/c1-2-11-13-12(15-13)9-14(11)8-10-6-4-3-5-7-10/h2-7,11-13H,1,8-9H2/t11-,12+,13-/m1/s1. The zero-order valence-corrected chi connectivity index (χ0v) is 8.67. The topological polar surface area (TPSA) is 15.8 Å². The van der Waals surface area contributed by atoms with Gasteiger partial charge in [-0.15, -0.1) is 6.58 Å². The van der Waals surface area contributed by atoms with Crippen molar-refractivity contribution >= 4 is 0 Å². The van der Waals surface area contributed by atoms with Gasteiger partial charge in [0.25, 0.3) is 0 Å². The van der Waals surface area contributed by atoms with Crippen LogP contribution in [0.15, 0.2) is 43.0 Å². The minimum atomic E-state index is 0.412. The van der Waals surface area contributed by atoms with Gasteiger partial charge in [0.2, 0.25) is 0 Å². The molecule has 2 aliphatic rings. The van der Waals surface area contributed by atoms with E-state index in [1.807, 2.05) is 6.08 Å². The summed E-state index contributed by atoms with van der Waals surface area (Å²) >= 11 is 0. The summed E-state index contributed by atoms with van der Waals surface area (Å²) in [7, 11) is 0. The van der Waals surface area contributed by atoms with E-state index in [-0.39, 0.29) is 0 Å². The van der Waals surface area contributed by atoms with Crippen molar-refractivity contribution in [2.75, 3.05) is 6.54 Å². The highest BCUT2D eigenvalue weighted by atomic mass is 16.6. The van der Waals surface area contributed by atoms with Crippen LogP contribution in [0, 0.1) is 0 Å². The lowest BCUT2D eigenvalue weighted by Gasteiger charge is -2.23. The molecule has 2 heterocycles. The Morgan fingerprint density at radius 3 is 2.93 bits per heavy atom. The van der Waals surface area contributed by atoms with Crippen LogP contribution >= 0.6 is 0 Å². The van der Waals surface area contributed by atoms with Gasteiger partial charge in [-0.05, 0) is 5.56 Å². The molecule has 2 heteroatoms. The zero-order valence-electron chi connectivity index (χ0n) is 8.67. The van der Waals surface area contributed by atoms with Crippen LogP contribution in [-0.4, -0.2) is 29.7 Å². The van der Waals surface area contributed by atoms with Crippen molar-refractivity contribution in [2.24, 2.45) is 0 Å². The van der Waals surface area contributed by atoms with Gasteiger partial charge in [-0.2, -0.15) is 0 Å². The van der Waals surface area contributed by atoms with Gasteiger partial charge in [0, 0.05) is 13.1 Å². The Balaban J connectivity index is 1.71. The molecule has 0 aliphatic carbocycles. The summed E-state index contributed by atoms with van der Waals surface area (Å²) in [6.45, 7) is 5.95. The van der Waals surface area contributed by atoms with Crippen LogP contribution in [0.1, 0.15) is 5.56 Å². The second-order valence-corrected chi connectivity index (χ2v) is 4.28. The molecule has 2 aliphatic heterocycles. The van der Waals surface area contributed by atoms with E-state index in [0.717, 1.165) is 13.1 Å². The molecule has 3 atom stereocenters. The maximum absolute atomic E-state index is 5.51. The lowest BCUT2D eigenvalue weighted by atomic mass is 10.2. The number of hydrogen-bond donors (Lipinski definition) is 0. The third-order valence-electron chi connectivity index (χ3n) is 3.26. The van der Waals surface area contributed by atoms with Crippen LogP contribution in [0.4, 0.5) is 0 Å². The molecule has 1 aromatic rings. The molecule has 78 valence electrons. The number of morpholine rings is 1. The maximum Gasteiger partial charge on any atom is 0.104 e. The average Bonchev–Trinajstić information content (AvgIpc) is 2.93. The van der Waals surface area contributed by atoms with Crippen molar-refractivity contribution in [3.63, 3.8) is 0 Å². The van der Waals surface area contributed by atoms with Crippen molar-refractivity contribution < 1.29 is 4.74 Å². The van der Waals surface area contributed by atoms with Gasteiger partial charge in [0.1, 0.15) is 6.10 Å². The molecule has 2 nitrogen and oxygen atoms in total. The third kappa shape index (κ3) is 1.60. The van der Waals surface area contributed by atoms with E-state index in [2.05, 4.69) is 41.8 Å². The van der Waals surface area contributed by atoms with Crippen LogP contribution in [0.25, 0.3) is 0 Å². The number of ether oxygens (including phenoxy) is 1. The van der Waals surface area contributed by atoms with E-state index < -0.39 is 0 Å². The van der Waals surface area contributed by atoms with Crippen LogP contribution in [-0.2, 0) is 11.3 Å². The van der Waals surface area contributed by atoms with E-state index in [0.29, 0.717) is 18.2 Å². The van der Waals surface area contributed by atoms with Gasteiger partial charge in [0.15, 0.2) is 0 Å². The molecular weight excluding hydrogens is 186 g/mol. The van der Waals surface area contributed by atoms with E-state index in [9.17, 15) is 0 Å². The molecule has 2 saturated heterocycles. The van der Waals surface area contributed by atoms with Crippen molar-refractivity contribution in [2.45, 2.75) is 24.8 Å². The highest BCUT2D eigenvalue weighted by Gasteiger charge is 2.53. The second-order valence-electron chi connectivity index (χ2n) is 4.28. The lowest BCUT2D eigenvalue weighted by molar-refractivity contribution is 0.161. The fourth-order valence-corrected chi connectivity index (χ4v) is 2.44. The first-order chi connectivity index (χ1) is 7.38. The quantitative estimate of drug-likeness (QED) is 0.547. The average molecular weight is 201 g/mol. The van der Waals surface area contributed by atoms with Crippen LogP contribution in [0.3, 0.4) is 0 Å². The number of fused-ring (bicyclic) bond motifs is 1. The van der Waals surface area contributed by atoms with Gasteiger partial charge in [-0.3, -0.25) is 4.90 Å². The second kappa shape index (κ2) is 3.47. The molecule has 3 rings (SSSR count). The molecule has 0 radical (unpaired) electrons. The Labute approximate surface area is 90.2 Å². The third-order valence-corrected chi connectivity index (χ3v) is 3.26. The predicted octanol–water partition coefficient (Wildman–Crippen LogP) is 1.82. The summed E-state index contributed by atoms with van der Waals surface area (Å²) in [4.78, 5) is 2.45. The van der Waals surface area contributed by atoms with Gasteiger partial charge in [0.05, 0.1) is 12.1 Å². The highest BCUT2D eigenvalue weighted by molar-refractivity contribution is 5.18. The van der Waals surface area contributed by atoms with Crippen LogP contribution in [0.2, 0.25) is 0 Å². The fourth-order valence-electron chi connectivity index (χ4n) is 2.44. The number of nitrogens with zero attached hydrogens (tertiary/aromatic N) is 1. The van der Waals surface area contributed by atoms with Crippen molar-refractivity contribution in [3.8, 4) is 0 Å². The smallest absolute Gasteiger partial charge is 0.104 e. The first-order valence-electron chi connectivity index (χ1n) is 5.44. The Morgan fingerprint density at radius 2 is 2.20 bits per heavy atom. The summed E-state index contributed by atoms with van der Waals surface area (Å²) in [5.74, 6) is 0. The van der Waals surface area contributed by atoms with Gasteiger partial charge in [-0.25, -0.2) is 0 Å². The summed E-state index contributed by atoms with van der Waals surface area (Å²) in [5, 5.41) is 0. The van der Waals surface area contributed by atoms with Crippen LogP contribution < -0.4 is 0 Å². The Hall–Kier alpha value is -1.12. The molecule has 0 amide bonds.